The van der Waals surface area contributed by atoms with Gasteiger partial charge in [0.25, 0.3) is 0 Å². The summed E-state index contributed by atoms with van der Waals surface area (Å²) in [6.07, 6.45) is 11.6. The molecule has 1 heterocycles. The predicted molar refractivity (Wildman–Crippen MR) is 72.0 cm³/mol. The third-order valence-corrected chi connectivity index (χ3v) is 3.32. The van der Waals surface area contributed by atoms with Crippen LogP contribution in [0.1, 0.15) is 59.3 Å². The summed E-state index contributed by atoms with van der Waals surface area (Å²) < 4.78 is 5.66. The van der Waals surface area contributed by atoms with Crippen molar-refractivity contribution in [1.29, 1.82) is 0 Å². The summed E-state index contributed by atoms with van der Waals surface area (Å²) in [4.78, 5) is 0. The molecule has 100 valence electrons. The molecule has 1 rings (SSSR count). The maximum atomic E-state index is 9.63. The monoisotopic (exact) mass is 240 g/mol. The highest BCUT2D eigenvalue weighted by Gasteiger charge is 2.13. The maximum absolute atomic E-state index is 9.63. The molecule has 1 N–H and O–H groups in total. The largest absolute Gasteiger partial charge is 0.390 e. The van der Waals surface area contributed by atoms with Crippen LogP contribution in [-0.4, -0.2) is 23.4 Å². The molecular weight excluding hydrogens is 212 g/mol. The summed E-state index contributed by atoms with van der Waals surface area (Å²) in [6.45, 7) is 6.92. The van der Waals surface area contributed by atoms with E-state index < -0.39 is 5.60 Å². The fourth-order valence-electron chi connectivity index (χ4n) is 2.18. The lowest BCUT2D eigenvalue weighted by Crippen LogP contribution is -2.18. The van der Waals surface area contributed by atoms with Gasteiger partial charge in [0.2, 0.25) is 0 Å². The molecule has 0 aromatic carbocycles. The molecule has 1 saturated heterocycles. The zero-order valence-electron chi connectivity index (χ0n) is 11.6. The van der Waals surface area contributed by atoms with Crippen molar-refractivity contribution in [3.05, 3.63) is 12.2 Å². The number of hydrogen-bond donors (Lipinski definition) is 1. The van der Waals surface area contributed by atoms with Gasteiger partial charge in [-0.1, -0.05) is 25.5 Å². The summed E-state index contributed by atoms with van der Waals surface area (Å²) in [5.41, 5.74) is -0.518. The molecule has 0 amide bonds. The summed E-state index contributed by atoms with van der Waals surface area (Å²) >= 11 is 0. The highest BCUT2D eigenvalue weighted by molar-refractivity contribution is 4.93. The van der Waals surface area contributed by atoms with E-state index in [1.54, 1.807) is 0 Å². The van der Waals surface area contributed by atoms with E-state index in [1.165, 1.54) is 19.3 Å². The van der Waals surface area contributed by atoms with Crippen LogP contribution in [-0.2, 0) is 4.74 Å². The lowest BCUT2D eigenvalue weighted by atomic mass is 9.96. The van der Waals surface area contributed by atoms with Gasteiger partial charge in [0.05, 0.1) is 11.7 Å². The van der Waals surface area contributed by atoms with E-state index in [-0.39, 0.29) is 0 Å². The first-order valence-corrected chi connectivity index (χ1v) is 7.00. The van der Waals surface area contributed by atoms with Crippen LogP contribution < -0.4 is 0 Å². The Balaban J connectivity index is 2.15. The minimum absolute atomic E-state index is 0.348. The topological polar surface area (TPSA) is 29.5 Å². The average molecular weight is 240 g/mol. The fourth-order valence-corrected chi connectivity index (χ4v) is 2.18. The summed E-state index contributed by atoms with van der Waals surface area (Å²) in [5, 5.41) is 9.63. The van der Waals surface area contributed by atoms with Gasteiger partial charge in [-0.2, -0.15) is 0 Å². The highest BCUT2D eigenvalue weighted by Crippen LogP contribution is 2.18. The van der Waals surface area contributed by atoms with Gasteiger partial charge in [0, 0.05) is 6.61 Å². The van der Waals surface area contributed by atoms with E-state index >= 15 is 0 Å². The maximum Gasteiger partial charge on any atom is 0.0755 e. The van der Waals surface area contributed by atoms with Gasteiger partial charge in [0.1, 0.15) is 0 Å². The molecule has 0 aromatic heterocycles. The SMILES string of the molecule is CC(/C=C/C1CCCCO1)CCCC(C)(C)O. The first kappa shape index (κ1) is 14.7. The Morgan fingerprint density at radius 2 is 2.18 bits per heavy atom. The molecule has 2 nitrogen and oxygen atoms in total. The molecule has 1 fully saturated rings. The third kappa shape index (κ3) is 7.56. The lowest BCUT2D eigenvalue weighted by molar-refractivity contribution is 0.0462. The third-order valence-electron chi connectivity index (χ3n) is 3.32. The number of rotatable bonds is 6. The van der Waals surface area contributed by atoms with E-state index in [4.69, 9.17) is 4.74 Å². The van der Waals surface area contributed by atoms with E-state index in [9.17, 15) is 5.11 Å². The van der Waals surface area contributed by atoms with Crippen molar-refractivity contribution in [2.45, 2.75) is 71.0 Å². The number of aliphatic hydroxyl groups is 1. The summed E-state index contributed by atoms with van der Waals surface area (Å²) in [5.74, 6) is 0.586. The van der Waals surface area contributed by atoms with Gasteiger partial charge < -0.3 is 9.84 Å². The molecule has 0 aromatic rings. The van der Waals surface area contributed by atoms with Crippen molar-refractivity contribution in [2.75, 3.05) is 6.61 Å². The lowest BCUT2D eigenvalue weighted by Gasteiger charge is -2.20. The van der Waals surface area contributed by atoms with Gasteiger partial charge >= 0.3 is 0 Å². The van der Waals surface area contributed by atoms with E-state index in [2.05, 4.69) is 19.1 Å². The molecule has 0 bridgehead atoms. The Bertz CT molecular complexity index is 222. The second-order valence-electron chi connectivity index (χ2n) is 5.97. The van der Waals surface area contributed by atoms with Gasteiger partial charge in [0.15, 0.2) is 0 Å². The molecular formula is C15H28O2. The van der Waals surface area contributed by atoms with Gasteiger partial charge in [-0.05, 0) is 51.9 Å². The van der Waals surface area contributed by atoms with Crippen LogP contribution in [0, 0.1) is 5.92 Å². The van der Waals surface area contributed by atoms with Gasteiger partial charge in [-0.3, -0.25) is 0 Å². The van der Waals surface area contributed by atoms with Crippen LogP contribution in [0.5, 0.6) is 0 Å². The quantitative estimate of drug-likeness (QED) is 0.717. The molecule has 2 unspecified atom stereocenters. The average Bonchev–Trinajstić information content (AvgIpc) is 2.26. The molecule has 0 spiro atoms. The first-order chi connectivity index (χ1) is 7.97. The molecule has 2 heteroatoms. The summed E-state index contributed by atoms with van der Waals surface area (Å²) in [7, 11) is 0. The van der Waals surface area contributed by atoms with Crippen molar-refractivity contribution in [3.8, 4) is 0 Å². The smallest absolute Gasteiger partial charge is 0.0755 e. The van der Waals surface area contributed by atoms with E-state index in [1.807, 2.05) is 13.8 Å². The van der Waals surface area contributed by atoms with Crippen LogP contribution in [0.3, 0.4) is 0 Å². The van der Waals surface area contributed by atoms with Crippen molar-refractivity contribution >= 4 is 0 Å². The first-order valence-electron chi connectivity index (χ1n) is 7.00. The zero-order valence-corrected chi connectivity index (χ0v) is 11.6. The second-order valence-corrected chi connectivity index (χ2v) is 5.97. The molecule has 2 atom stereocenters. The van der Waals surface area contributed by atoms with E-state index in [0.29, 0.717) is 12.0 Å². The number of hydrogen-bond acceptors (Lipinski definition) is 2. The Morgan fingerprint density at radius 1 is 1.41 bits per heavy atom. The molecule has 0 saturated carbocycles. The molecule has 1 aliphatic heterocycles. The Morgan fingerprint density at radius 3 is 2.76 bits per heavy atom. The standard InChI is InChI=1S/C15H28O2/c1-13(7-6-11-15(2,3)16)9-10-14-8-4-5-12-17-14/h9-10,13-14,16H,4-8,11-12H2,1-3H3/b10-9+. The Kier molecular flexibility index (Phi) is 6.21. The number of allylic oxidation sites excluding steroid dienone is 1. The van der Waals surface area contributed by atoms with Crippen LogP contribution in [0.2, 0.25) is 0 Å². The Labute approximate surface area is 106 Å². The van der Waals surface area contributed by atoms with Crippen molar-refractivity contribution in [3.63, 3.8) is 0 Å². The van der Waals surface area contributed by atoms with Crippen LogP contribution >= 0.6 is 0 Å². The predicted octanol–water partition coefficient (Wildman–Crippen LogP) is 3.69. The Hall–Kier alpha value is -0.340. The van der Waals surface area contributed by atoms with E-state index in [0.717, 1.165) is 25.9 Å². The number of ether oxygens (including phenoxy) is 1. The highest BCUT2D eigenvalue weighted by atomic mass is 16.5. The van der Waals surface area contributed by atoms with Gasteiger partial charge in [-0.25, -0.2) is 0 Å². The minimum atomic E-state index is -0.518. The van der Waals surface area contributed by atoms with Crippen molar-refractivity contribution < 1.29 is 9.84 Å². The summed E-state index contributed by atoms with van der Waals surface area (Å²) in [6, 6.07) is 0. The molecule has 0 aliphatic carbocycles. The minimum Gasteiger partial charge on any atom is -0.390 e. The molecule has 0 radical (unpaired) electrons. The fraction of sp³-hybridized carbons (Fsp3) is 0.867. The van der Waals surface area contributed by atoms with Crippen LogP contribution in [0.4, 0.5) is 0 Å². The van der Waals surface area contributed by atoms with Gasteiger partial charge in [-0.15, -0.1) is 0 Å². The van der Waals surface area contributed by atoms with Crippen molar-refractivity contribution in [1.82, 2.24) is 0 Å². The molecule has 1 aliphatic rings. The van der Waals surface area contributed by atoms with Crippen LogP contribution in [0.25, 0.3) is 0 Å². The normalized spacial score (nSPS) is 24.1. The second kappa shape index (κ2) is 7.17. The van der Waals surface area contributed by atoms with Crippen molar-refractivity contribution in [2.24, 2.45) is 5.92 Å². The zero-order chi connectivity index (χ0) is 12.7. The van der Waals surface area contributed by atoms with Crippen LogP contribution in [0.15, 0.2) is 12.2 Å². The molecule has 17 heavy (non-hydrogen) atoms.